The van der Waals surface area contributed by atoms with Crippen LogP contribution in [0.1, 0.15) is 44.9 Å². The number of hydrogen-bond acceptors (Lipinski definition) is 3. The number of H-pyrrole nitrogens is 1. The molecule has 0 radical (unpaired) electrons. The van der Waals surface area contributed by atoms with Gasteiger partial charge in [-0.1, -0.05) is 0 Å². The predicted octanol–water partition coefficient (Wildman–Crippen LogP) is 2.35. The minimum atomic E-state index is 0.107. The van der Waals surface area contributed by atoms with E-state index < -0.39 is 0 Å². The molecular formula is C14H20N4O. The number of anilines is 1. The molecule has 1 amide bonds. The second kappa shape index (κ2) is 4.05. The molecule has 19 heavy (non-hydrogen) atoms. The van der Waals surface area contributed by atoms with Gasteiger partial charge in [0.1, 0.15) is 0 Å². The Balaban J connectivity index is 1.46. The van der Waals surface area contributed by atoms with Crippen LogP contribution in [0.4, 0.5) is 5.82 Å². The first-order valence-corrected chi connectivity index (χ1v) is 7.36. The summed E-state index contributed by atoms with van der Waals surface area (Å²) in [5, 5.41) is 13.0. The predicted molar refractivity (Wildman–Crippen MR) is 70.2 cm³/mol. The normalized spacial score (nSPS) is 39.5. The third-order valence-electron chi connectivity index (χ3n) is 5.38. The maximum atomic E-state index is 12.2. The van der Waals surface area contributed by atoms with E-state index in [2.05, 4.69) is 20.7 Å². The summed E-state index contributed by atoms with van der Waals surface area (Å²) in [6.07, 6.45) is 10.3. The first-order chi connectivity index (χ1) is 9.21. The Morgan fingerprint density at radius 3 is 2.42 bits per heavy atom. The molecule has 4 bridgehead atoms. The van der Waals surface area contributed by atoms with Crippen LogP contribution in [0.2, 0.25) is 0 Å². The molecule has 0 aliphatic heterocycles. The Kier molecular flexibility index (Phi) is 2.44. The van der Waals surface area contributed by atoms with Gasteiger partial charge in [-0.25, -0.2) is 0 Å². The van der Waals surface area contributed by atoms with Crippen molar-refractivity contribution in [1.82, 2.24) is 15.4 Å². The molecule has 0 saturated heterocycles. The van der Waals surface area contributed by atoms with E-state index in [1.54, 1.807) is 6.20 Å². The Morgan fingerprint density at radius 1 is 1.26 bits per heavy atom. The summed E-state index contributed by atoms with van der Waals surface area (Å²) < 4.78 is 0. The number of aromatic nitrogens is 3. The minimum Gasteiger partial charge on any atom is -0.308 e. The quantitative estimate of drug-likeness (QED) is 0.876. The SMILES string of the molecule is O=C(CC12CC3CC(CC(C3)C1)C2)Nc1cn[nH]n1. The molecule has 2 N–H and O–H groups in total. The lowest BCUT2D eigenvalue weighted by Crippen LogP contribution is -2.47. The smallest absolute Gasteiger partial charge is 0.226 e. The molecule has 4 saturated carbocycles. The van der Waals surface area contributed by atoms with Crippen molar-refractivity contribution in [3.05, 3.63) is 6.20 Å². The molecule has 0 spiro atoms. The number of carbonyl (C=O) groups excluding carboxylic acids is 1. The molecule has 4 fully saturated rings. The van der Waals surface area contributed by atoms with Crippen molar-refractivity contribution in [2.45, 2.75) is 44.9 Å². The Morgan fingerprint density at radius 2 is 1.89 bits per heavy atom. The molecule has 5 rings (SSSR count). The number of nitrogens with zero attached hydrogens (tertiary/aromatic N) is 2. The third kappa shape index (κ3) is 2.05. The van der Waals surface area contributed by atoms with Gasteiger partial charge in [0, 0.05) is 6.42 Å². The second-order valence-electron chi connectivity index (χ2n) is 7.00. The number of aromatic amines is 1. The first-order valence-electron chi connectivity index (χ1n) is 7.36. The van der Waals surface area contributed by atoms with Gasteiger partial charge in [0.2, 0.25) is 5.91 Å². The van der Waals surface area contributed by atoms with Gasteiger partial charge in [-0.05, 0) is 61.7 Å². The van der Waals surface area contributed by atoms with Crippen LogP contribution in [0, 0.1) is 23.2 Å². The van der Waals surface area contributed by atoms with E-state index in [4.69, 9.17) is 0 Å². The molecule has 0 aromatic carbocycles. The van der Waals surface area contributed by atoms with Gasteiger partial charge in [-0.3, -0.25) is 4.79 Å². The van der Waals surface area contributed by atoms with E-state index in [9.17, 15) is 4.79 Å². The number of carbonyl (C=O) groups is 1. The summed E-state index contributed by atoms with van der Waals surface area (Å²) in [7, 11) is 0. The van der Waals surface area contributed by atoms with E-state index in [1.165, 1.54) is 38.5 Å². The zero-order valence-electron chi connectivity index (χ0n) is 11.1. The highest BCUT2D eigenvalue weighted by molar-refractivity contribution is 5.90. The lowest BCUT2D eigenvalue weighted by atomic mass is 9.49. The second-order valence-corrected chi connectivity index (χ2v) is 7.00. The lowest BCUT2D eigenvalue weighted by molar-refractivity contribution is -0.124. The standard InChI is InChI=1S/C14H20N4O/c19-13(16-12-8-15-18-17-12)7-14-4-9-1-10(5-14)3-11(2-9)6-14/h8-11H,1-7H2,(H2,15,16,17,18,19). The minimum absolute atomic E-state index is 0.107. The molecule has 102 valence electrons. The molecule has 4 aliphatic rings. The molecule has 1 heterocycles. The van der Waals surface area contributed by atoms with E-state index in [0.717, 1.165) is 17.8 Å². The molecule has 0 unspecified atom stereocenters. The highest BCUT2D eigenvalue weighted by Crippen LogP contribution is 2.61. The van der Waals surface area contributed by atoms with Gasteiger partial charge in [0.25, 0.3) is 0 Å². The topological polar surface area (TPSA) is 70.7 Å². The molecule has 1 aromatic rings. The summed E-state index contributed by atoms with van der Waals surface area (Å²) in [4.78, 5) is 12.2. The maximum absolute atomic E-state index is 12.2. The summed E-state index contributed by atoms with van der Waals surface area (Å²) in [5.41, 5.74) is 0.294. The van der Waals surface area contributed by atoms with E-state index in [0.29, 0.717) is 17.7 Å². The average Bonchev–Trinajstić information content (AvgIpc) is 2.78. The number of hydrogen-bond donors (Lipinski definition) is 2. The van der Waals surface area contributed by atoms with Gasteiger partial charge in [0.05, 0.1) is 6.20 Å². The summed E-state index contributed by atoms with van der Waals surface area (Å²) in [5.74, 6) is 3.33. The van der Waals surface area contributed by atoms with Crippen molar-refractivity contribution >= 4 is 11.7 Å². The van der Waals surface area contributed by atoms with Crippen molar-refractivity contribution < 1.29 is 4.79 Å². The molecule has 5 nitrogen and oxygen atoms in total. The molecule has 5 heteroatoms. The van der Waals surface area contributed by atoms with Crippen LogP contribution < -0.4 is 5.32 Å². The van der Waals surface area contributed by atoms with Crippen LogP contribution in [0.25, 0.3) is 0 Å². The number of nitrogens with one attached hydrogen (secondary N) is 2. The first kappa shape index (κ1) is 11.4. The van der Waals surface area contributed by atoms with Crippen molar-refractivity contribution in [2.24, 2.45) is 23.2 Å². The lowest BCUT2D eigenvalue weighted by Gasteiger charge is -2.56. The van der Waals surface area contributed by atoms with Crippen LogP contribution in [0.3, 0.4) is 0 Å². The summed E-state index contributed by atoms with van der Waals surface area (Å²) in [6.45, 7) is 0. The fourth-order valence-electron chi connectivity index (χ4n) is 5.30. The molecule has 1 aromatic heterocycles. The molecule has 0 atom stereocenters. The monoisotopic (exact) mass is 260 g/mol. The van der Waals surface area contributed by atoms with Crippen LogP contribution in [-0.2, 0) is 4.79 Å². The number of rotatable bonds is 3. The van der Waals surface area contributed by atoms with E-state index in [1.807, 2.05) is 0 Å². The summed E-state index contributed by atoms with van der Waals surface area (Å²) >= 11 is 0. The Bertz CT molecular complexity index is 446. The van der Waals surface area contributed by atoms with Crippen molar-refractivity contribution in [3.8, 4) is 0 Å². The fourth-order valence-corrected chi connectivity index (χ4v) is 5.30. The van der Waals surface area contributed by atoms with E-state index >= 15 is 0 Å². The van der Waals surface area contributed by atoms with Crippen molar-refractivity contribution in [2.75, 3.05) is 5.32 Å². The van der Waals surface area contributed by atoms with Crippen LogP contribution in [-0.4, -0.2) is 21.3 Å². The Labute approximate surface area is 112 Å². The van der Waals surface area contributed by atoms with Crippen molar-refractivity contribution in [1.29, 1.82) is 0 Å². The molecular weight excluding hydrogens is 240 g/mol. The third-order valence-corrected chi connectivity index (χ3v) is 5.38. The van der Waals surface area contributed by atoms with Gasteiger partial charge in [0.15, 0.2) is 5.82 Å². The average molecular weight is 260 g/mol. The van der Waals surface area contributed by atoms with Crippen LogP contribution >= 0.6 is 0 Å². The Hall–Kier alpha value is -1.39. The number of amides is 1. The zero-order valence-corrected chi connectivity index (χ0v) is 11.1. The van der Waals surface area contributed by atoms with E-state index in [-0.39, 0.29) is 5.91 Å². The van der Waals surface area contributed by atoms with Gasteiger partial charge in [-0.2, -0.15) is 10.3 Å². The maximum Gasteiger partial charge on any atom is 0.226 e. The van der Waals surface area contributed by atoms with Gasteiger partial charge >= 0.3 is 0 Å². The van der Waals surface area contributed by atoms with Gasteiger partial charge in [-0.15, -0.1) is 5.10 Å². The zero-order chi connectivity index (χ0) is 12.9. The highest BCUT2D eigenvalue weighted by atomic mass is 16.1. The molecule has 4 aliphatic carbocycles. The van der Waals surface area contributed by atoms with Gasteiger partial charge < -0.3 is 5.32 Å². The summed E-state index contributed by atoms with van der Waals surface area (Å²) in [6, 6.07) is 0. The largest absolute Gasteiger partial charge is 0.308 e. The van der Waals surface area contributed by atoms with Crippen molar-refractivity contribution in [3.63, 3.8) is 0 Å². The van der Waals surface area contributed by atoms with Crippen LogP contribution in [0.5, 0.6) is 0 Å². The van der Waals surface area contributed by atoms with Crippen LogP contribution in [0.15, 0.2) is 6.20 Å². The fraction of sp³-hybridized carbons (Fsp3) is 0.786. The highest BCUT2D eigenvalue weighted by Gasteiger charge is 2.51.